The Hall–Kier alpha value is -5.20. The number of aromatic nitrogens is 1. The molecular formula is C48H76N6O12. The molecule has 0 saturated carbocycles. The van der Waals surface area contributed by atoms with E-state index in [-0.39, 0.29) is 73.6 Å². The molecule has 66 heavy (non-hydrogen) atoms. The van der Waals surface area contributed by atoms with Crippen LogP contribution in [-0.4, -0.2) is 154 Å². The summed E-state index contributed by atoms with van der Waals surface area (Å²) in [6.45, 7) is 14.3. The number of benzene rings is 1. The van der Waals surface area contributed by atoms with Gasteiger partial charge in [-0.2, -0.15) is 0 Å². The first-order chi connectivity index (χ1) is 31.2. The molecule has 18 nitrogen and oxygen atoms in total. The summed E-state index contributed by atoms with van der Waals surface area (Å²) >= 11 is 0. The maximum absolute atomic E-state index is 14.6. The molecule has 0 radical (unpaired) electrons. The van der Waals surface area contributed by atoms with Crippen molar-refractivity contribution in [2.45, 2.75) is 142 Å². The first kappa shape index (κ1) is 55.1. The highest BCUT2D eigenvalue weighted by atomic mass is 16.7. The lowest BCUT2D eigenvalue weighted by molar-refractivity contribution is -0.148. The fraction of sp³-hybridized carbons (Fsp3) is 0.667. The van der Waals surface area contributed by atoms with E-state index in [1.807, 2.05) is 59.7 Å². The van der Waals surface area contributed by atoms with Gasteiger partial charge >= 0.3 is 11.9 Å². The van der Waals surface area contributed by atoms with Gasteiger partial charge in [0.1, 0.15) is 6.04 Å². The minimum atomic E-state index is -1.15. The molecule has 3 rings (SSSR count). The highest BCUT2D eigenvalue weighted by Crippen LogP contribution is 2.30. The van der Waals surface area contributed by atoms with Crippen molar-refractivity contribution in [3.63, 3.8) is 0 Å². The second kappa shape index (κ2) is 26.2. The van der Waals surface area contributed by atoms with E-state index in [0.717, 1.165) is 5.56 Å². The number of likely N-dealkylation sites (N-methyl/N-ethyl adjacent to an activating group) is 2. The monoisotopic (exact) mass is 929 g/mol. The van der Waals surface area contributed by atoms with Crippen molar-refractivity contribution in [3.05, 3.63) is 48.0 Å². The molecule has 18 heteroatoms. The van der Waals surface area contributed by atoms with Gasteiger partial charge in [-0.1, -0.05) is 85.2 Å². The van der Waals surface area contributed by atoms with E-state index >= 15 is 0 Å². The molecule has 2 aromatic rings. The number of carboxylic acid groups (broad SMARTS) is 1. The standard InChI is InChI=1S/C48H76N6O12/c1-12-31(6)44(37(64-10)27-41(58)53-25-17-20-35(53)45(65-11)32(7)46(60)50-34(48(62)63)26-33-18-14-13-15-19-33)52(9)47(61)43(30(4)5)49-28-36(29(2)3)51(8)38(55)21-16-22-42(59)66-54-39(56)23-24-40(54)57/h13-15,18-19,23-24,29-32,34-37,43-45,49,56-57H,12,16-17,20-22,25-28H2,1-11H3,(H,50,60)(H,62,63). The van der Waals surface area contributed by atoms with Crippen molar-refractivity contribution >= 4 is 35.6 Å². The van der Waals surface area contributed by atoms with E-state index in [2.05, 4.69) is 10.6 Å². The molecule has 0 spiro atoms. The lowest BCUT2D eigenvalue weighted by Gasteiger charge is -2.41. The number of ether oxygens (including phenoxy) is 2. The number of rotatable bonds is 27. The Bertz CT molecular complexity index is 1870. The summed E-state index contributed by atoms with van der Waals surface area (Å²) in [5, 5.41) is 35.5. The normalized spacial score (nSPS) is 17.6. The third kappa shape index (κ3) is 14.9. The predicted octanol–water partition coefficient (Wildman–Crippen LogP) is 3.85. The Morgan fingerprint density at radius 1 is 0.864 bits per heavy atom. The summed E-state index contributed by atoms with van der Waals surface area (Å²) in [7, 11) is 6.44. The summed E-state index contributed by atoms with van der Waals surface area (Å²) in [5.74, 6) is -4.86. The lowest BCUT2D eigenvalue weighted by Crippen LogP contribution is -2.58. The number of carbonyl (C=O) groups is 6. The van der Waals surface area contributed by atoms with E-state index in [1.54, 1.807) is 47.9 Å². The van der Waals surface area contributed by atoms with E-state index in [0.29, 0.717) is 37.1 Å². The Balaban J connectivity index is 1.69. The number of nitrogens with zero attached hydrogens (tertiary/aromatic N) is 4. The van der Waals surface area contributed by atoms with Gasteiger partial charge in [-0.15, -0.1) is 4.73 Å². The lowest BCUT2D eigenvalue weighted by atomic mass is 9.89. The van der Waals surface area contributed by atoms with Crippen molar-refractivity contribution in [3.8, 4) is 11.8 Å². The number of carbonyl (C=O) groups excluding carboxylic acids is 5. The Morgan fingerprint density at radius 3 is 2.05 bits per heavy atom. The quantitative estimate of drug-likeness (QED) is 0.0859. The zero-order chi connectivity index (χ0) is 49.4. The van der Waals surface area contributed by atoms with Crippen LogP contribution in [0.25, 0.3) is 0 Å². The van der Waals surface area contributed by atoms with Crippen LogP contribution in [-0.2, 0) is 44.7 Å². The van der Waals surface area contributed by atoms with Crippen molar-refractivity contribution in [1.82, 2.24) is 30.1 Å². The summed E-state index contributed by atoms with van der Waals surface area (Å²) in [6, 6.07) is 8.34. The number of amides is 4. The third-order valence-electron chi connectivity index (χ3n) is 13.1. The second-order valence-corrected chi connectivity index (χ2v) is 18.3. The van der Waals surface area contributed by atoms with Gasteiger partial charge in [-0.25, -0.2) is 9.59 Å². The van der Waals surface area contributed by atoms with Gasteiger partial charge in [-0.05, 0) is 42.6 Å². The van der Waals surface area contributed by atoms with Crippen LogP contribution in [0.3, 0.4) is 0 Å². The molecule has 1 aliphatic heterocycles. The molecule has 1 aromatic heterocycles. The molecule has 1 saturated heterocycles. The van der Waals surface area contributed by atoms with E-state index in [9.17, 15) is 44.1 Å². The number of hydrogen-bond acceptors (Lipinski definition) is 12. The molecule has 0 aliphatic carbocycles. The number of aliphatic carboxylic acids is 1. The van der Waals surface area contributed by atoms with Gasteiger partial charge in [0, 0.05) is 78.8 Å². The van der Waals surface area contributed by atoms with E-state index < -0.39 is 71.9 Å². The summed E-state index contributed by atoms with van der Waals surface area (Å²) in [5.41, 5.74) is 0.769. The SMILES string of the molecule is CCC(C)C(C(CC(=O)N1CCCC1C(OC)C(C)C(=O)NC(Cc1ccccc1)C(=O)O)OC)N(C)C(=O)C(NCC(C(C)C)N(C)C(=O)CCCC(=O)On1c(O)ccc1O)C(C)C. The van der Waals surface area contributed by atoms with Crippen LogP contribution in [0.2, 0.25) is 0 Å². The van der Waals surface area contributed by atoms with Crippen molar-refractivity contribution in [1.29, 1.82) is 0 Å². The molecule has 2 heterocycles. The topological polar surface area (TPSA) is 230 Å². The van der Waals surface area contributed by atoms with E-state index in [4.69, 9.17) is 14.3 Å². The van der Waals surface area contributed by atoms with Crippen LogP contribution in [0.1, 0.15) is 99.0 Å². The van der Waals surface area contributed by atoms with Crippen molar-refractivity contribution in [2.75, 3.05) is 41.4 Å². The smallest absolute Gasteiger partial charge is 0.333 e. The van der Waals surface area contributed by atoms with Gasteiger partial charge < -0.3 is 55.0 Å². The first-order valence-electron chi connectivity index (χ1n) is 23.2. The molecular weight excluding hydrogens is 853 g/mol. The molecule has 9 unspecified atom stereocenters. The first-order valence-corrected chi connectivity index (χ1v) is 23.2. The summed E-state index contributed by atoms with van der Waals surface area (Å²) < 4.78 is 12.6. The molecule has 1 fully saturated rings. The van der Waals surface area contributed by atoms with Gasteiger partial charge in [-0.3, -0.25) is 19.2 Å². The fourth-order valence-corrected chi connectivity index (χ4v) is 8.94. The van der Waals surface area contributed by atoms with Gasteiger partial charge in [0.05, 0.1) is 42.7 Å². The number of carboxylic acids is 1. The van der Waals surface area contributed by atoms with Crippen molar-refractivity contribution < 1.29 is 58.4 Å². The maximum Gasteiger partial charge on any atom is 0.333 e. The minimum absolute atomic E-state index is 0.000663. The third-order valence-corrected chi connectivity index (χ3v) is 13.1. The fourth-order valence-electron chi connectivity index (χ4n) is 8.94. The average Bonchev–Trinajstić information content (AvgIpc) is 3.89. The Labute approximate surface area is 390 Å². The van der Waals surface area contributed by atoms with Crippen LogP contribution in [0.4, 0.5) is 0 Å². The zero-order valence-corrected chi connectivity index (χ0v) is 40.8. The highest BCUT2D eigenvalue weighted by molar-refractivity contribution is 5.86. The molecule has 1 aliphatic rings. The number of methoxy groups -OCH3 is 2. The number of aromatic hydroxyl groups is 2. The van der Waals surface area contributed by atoms with Gasteiger partial charge in [0.2, 0.25) is 35.4 Å². The van der Waals surface area contributed by atoms with Crippen molar-refractivity contribution in [2.24, 2.45) is 23.7 Å². The molecule has 0 bridgehead atoms. The Morgan fingerprint density at radius 2 is 1.50 bits per heavy atom. The number of nitrogens with one attached hydrogen (secondary N) is 2. The minimum Gasteiger partial charge on any atom is -0.492 e. The van der Waals surface area contributed by atoms with Crippen LogP contribution in [0.5, 0.6) is 11.8 Å². The van der Waals surface area contributed by atoms with Crippen LogP contribution < -0.4 is 15.5 Å². The maximum atomic E-state index is 14.6. The van der Waals surface area contributed by atoms with Crippen LogP contribution in [0, 0.1) is 23.7 Å². The zero-order valence-electron chi connectivity index (χ0n) is 40.8. The Kier molecular flexibility index (Phi) is 21.9. The van der Waals surface area contributed by atoms with E-state index in [1.165, 1.54) is 26.4 Å². The van der Waals surface area contributed by atoms with Gasteiger partial charge in [0.25, 0.3) is 0 Å². The molecule has 5 N–H and O–H groups in total. The average molecular weight is 929 g/mol. The molecule has 4 amide bonds. The van der Waals surface area contributed by atoms with Crippen LogP contribution >= 0.6 is 0 Å². The predicted molar refractivity (Wildman–Crippen MR) is 247 cm³/mol. The summed E-state index contributed by atoms with van der Waals surface area (Å²) in [4.78, 5) is 90.3. The largest absolute Gasteiger partial charge is 0.492 e. The number of hydrogen-bond donors (Lipinski definition) is 5. The second-order valence-electron chi connectivity index (χ2n) is 18.3. The highest BCUT2D eigenvalue weighted by Gasteiger charge is 2.43. The van der Waals surface area contributed by atoms with Gasteiger partial charge in [0.15, 0.2) is 0 Å². The molecule has 9 atom stereocenters. The van der Waals surface area contributed by atoms with Crippen LogP contribution in [0.15, 0.2) is 42.5 Å². The molecule has 370 valence electrons. The summed E-state index contributed by atoms with van der Waals surface area (Å²) in [6.07, 6.45) is 0.728. The number of likely N-dealkylation sites (tertiary alicyclic amines) is 1. The molecule has 1 aromatic carbocycles.